The molecule has 0 radical (unpaired) electrons. The Balaban J connectivity index is 1.56. The van der Waals surface area contributed by atoms with Gasteiger partial charge in [-0.05, 0) is 36.6 Å². The van der Waals surface area contributed by atoms with E-state index in [1.165, 1.54) is 6.08 Å². The molecule has 1 aliphatic heterocycles. The van der Waals surface area contributed by atoms with Gasteiger partial charge in [-0.3, -0.25) is 4.79 Å². The monoisotopic (exact) mass is 390 g/mol. The Morgan fingerprint density at radius 2 is 1.96 bits per heavy atom. The van der Waals surface area contributed by atoms with Crippen molar-refractivity contribution in [2.45, 2.75) is 31.0 Å². The lowest BCUT2D eigenvalue weighted by atomic mass is 9.95. The largest absolute Gasteiger partial charge is 0.398 e. The zero-order valence-corrected chi connectivity index (χ0v) is 15.2. The van der Waals surface area contributed by atoms with Gasteiger partial charge in [0.25, 0.3) is 0 Å². The van der Waals surface area contributed by atoms with Gasteiger partial charge in [0.1, 0.15) is 5.82 Å². The van der Waals surface area contributed by atoms with E-state index in [1.807, 2.05) is 15.6 Å². The number of anilines is 2. The fourth-order valence-corrected chi connectivity index (χ4v) is 3.85. The molecule has 28 heavy (non-hydrogen) atoms. The van der Waals surface area contributed by atoms with E-state index in [9.17, 15) is 18.0 Å². The molecular weight excluding hydrogens is 369 g/mol. The smallest absolute Gasteiger partial charge is 0.352 e. The van der Waals surface area contributed by atoms with E-state index in [-0.39, 0.29) is 24.7 Å². The quantitative estimate of drug-likeness (QED) is 0.795. The Bertz CT molecular complexity index is 884. The number of carbonyl (C=O) groups excluding carboxylic acids is 1. The molecule has 1 unspecified atom stereocenters. The molecule has 1 saturated carbocycles. The van der Waals surface area contributed by atoms with E-state index in [0.29, 0.717) is 25.2 Å². The zero-order valence-electron chi connectivity index (χ0n) is 15.2. The molecule has 8 heteroatoms. The Hall–Kier alpha value is -2.77. The second kappa shape index (κ2) is 6.68. The first kappa shape index (κ1) is 18.6. The van der Waals surface area contributed by atoms with Crippen LogP contribution < -0.4 is 10.2 Å². The molecule has 1 aliphatic carbocycles. The zero-order chi connectivity index (χ0) is 19.9. The van der Waals surface area contributed by atoms with Crippen molar-refractivity contribution in [1.29, 1.82) is 0 Å². The molecule has 2 aliphatic rings. The van der Waals surface area contributed by atoms with Gasteiger partial charge in [-0.2, -0.15) is 18.3 Å². The van der Waals surface area contributed by atoms with Crippen molar-refractivity contribution in [3.8, 4) is 0 Å². The molecule has 0 bridgehead atoms. The highest BCUT2D eigenvalue weighted by atomic mass is 19.4. The van der Waals surface area contributed by atoms with Crippen LogP contribution in [0.25, 0.3) is 0 Å². The van der Waals surface area contributed by atoms with Crippen LogP contribution in [0.2, 0.25) is 0 Å². The van der Waals surface area contributed by atoms with Crippen molar-refractivity contribution in [1.82, 2.24) is 15.1 Å². The summed E-state index contributed by atoms with van der Waals surface area (Å²) >= 11 is 0. The molecular formula is C20H21F3N4O. The van der Waals surface area contributed by atoms with Crippen LogP contribution in [-0.4, -0.2) is 35.0 Å². The number of nitrogens with one attached hydrogen (secondary N) is 1. The molecule has 2 heterocycles. The number of alkyl halides is 3. The van der Waals surface area contributed by atoms with E-state index in [1.54, 1.807) is 30.5 Å². The molecule has 1 fully saturated rings. The predicted octanol–water partition coefficient (Wildman–Crippen LogP) is 3.55. The van der Waals surface area contributed by atoms with Crippen molar-refractivity contribution in [2.75, 3.05) is 18.0 Å². The Kier molecular flexibility index (Phi) is 4.44. The van der Waals surface area contributed by atoms with Crippen LogP contribution in [0.5, 0.6) is 0 Å². The molecule has 0 spiro atoms. The average Bonchev–Trinajstić information content (AvgIpc) is 3.38. The average molecular weight is 390 g/mol. The van der Waals surface area contributed by atoms with Gasteiger partial charge >= 0.3 is 6.18 Å². The number of rotatable bonds is 5. The summed E-state index contributed by atoms with van der Waals surface area (Å²) in [6.07, 6.45) is -0.987. The molecule has 0 saturated heterocycles. The van der Waals surface area contributed by atoms with Gasteiger partial charge in [0.05, 0.1) is 11.6 Å². The molecule has 148 valence electrons. The summed E-state index contributed by atoms with van der Waals surface area (Å²) < 4.78 is 41.9. The Morgan fingerprint density at radius 3 is 2.57 bits per heavy atom. The summed E-state index contributed by atoms with van der Waals surface area (Å²) in [7, 11) is 0. The van der Waals surface area contributed by atoms with E-state index in [4.69, 9.17) is 0 Å². The maximum Gasteiger partial charge on any atom is 0.398 e. The lowest BCUT2D eigenvalue weighted by molar-refractivity contribution is -0.160. The summed E-state index contributed by atoms with van der Waals surface area (Å²) in [6, 6.07) is 8.52. The summed E-state index contributed by atoms with van der Waals surface area (Å²) in [5.74, 6) is 0.765. The van der Waals surface area contributed by atoms with Crippen LogP contribution in [0.15, 0.2) is 49.2 Å². The lowest BCUT2D eigenvalue weighted by Crippen LogP contribution is -2.41. The van der Waals surface area contributed by atoms with E-state index in [0.717, 1.165) is 11.5 Å². The van der Waals surface area contributed by atoms with Crippen molar-refractivity contribution >= 4 is 17.4 Å². The van der Waals surface area contributed by atoms with E-state index >= 15 is 0 Å². The number of aromatic nitrogens is 2. The third-order valence-electron chi connectivity index (χ3n) is 5.62. The first-order chi connectivity index (χ1) is 13.3. The van der Waals surface area contributed by atoms with Crippen LogP contribution in [-0.2, 0) is 16.8 Å². The van der Waals surface area contributed by atoms with Crippen molar-refractivity contribution in [2.24, 2.45) is 5.92 Å². The molecule has 4 rings (SSSR count). The fourth-order valence-electron chi connectivity index (χ4n) is 3.85. The van der Waals surface area contributed by atoms with E-state index in [2.05, 4.69) is 17.0 Å². The highest BCUT2D eigenvalue weighted by Gasteiger charge is 2.64. The molecule has 2 aromatic rings. The number of benzene rings is 1. The van der Waals surface area contributed by atoms with Crippen LogP contribution in [0, 0.1) is 5.92 Å². The first-order valence-corrected chi connectivity index (χ1v) is 9.21. The highest BCUT2D eigenvalue weighted by Crippen LogP contribution is 2.59. The second-order valence-corrected chi connectivity index (χ2v) is 7.42. The minimum Gasteiger partial charge on any atom is -0.352 e. The molecule has 5 nitrogen and oxygen atoms in total. The van der Waals surface area contributed by atoms with Gasteiger partial charge in [0.2, 0.25) is 5.91 Å². The maximum atomic E-state index is 13.4. The van der Waals surface area contributed by atoms with E-state index < -0.39 is 11.6 Å². The highest BCUT2D eigenvalue weighted by molar-refractivity contribution is 5.86. The third-order valence-corrected chi connectivity index (χ3v) is 5.62. The van der Waals surface area contributed by atoms with Gasteiger partial charge in [0.15, 0.2) is 0 Å². The summed E-state index contributed by atoms with van der Waals surface area (Å²) in [4.78, 5) is 13.5. The van der Waals surface area contributed by atoms with Crippen LogP contribution >= 0.6 is 0 Å². The van der Waals surface area contributed by atoms with Crippen LogP contribution in [0.4, 0.5) is 24.7 Å². The number of hydrogen-bond acceptors (Lipinski definition) is 3. The van der Waals surface area contributed by atoms with Crippen molar-refractivity contribution in [3.05, 3.63) is 54.7 Å². The number of nitrogens with zero attached hydrogens (tertiary/aromatic N) is 3. The van der Waals surface area contributed by atoms with Gasteiger partial charge in [-0.1, -0.05) is 18.7 Å². The summed E-state index contributed by atoms with van der Waals surface area (Å²) in [5.41, 5.74) is -0.542. The summed E-state index contributed by atoms with van der Waals surface area (Å²) in [5, 5.41) is 7.12. The van der Waals surface area contributed by atoms with Gasteiger partial charge in [0, 0.05) is 37.3 Å². The van der Waals surface area contributed by atoms with Gasteiger partial charge in [-0.15, -0.1) is 0 Å². The van der Waals surface area contributed by atoms with Crippen LogP contribution in [0.1, 0.15) is 18.4 Å². The fraction of sp³-hybridized carbons (Fsp3) is 0.400. The molecule has 1 N–H and O–H groups in total. The molecule has 1 aromatic carbocycles. The number of hydrogen-bond donors (Lipinski definition) is 1. The van der Waals surface area contributed by atoms with Gasteiger partial charge < -0.3 is 10.2 Å². The minimum atomic E-state index is -4.22. The maximum absolute atomic E-state index is 13.4. The van der Waals surface area contributed by atoms with Crippen LogP contribution in [0.3, 0.4) is 0 Å². The normalized spacial score (nSPS) is 20.4. The Labute approximate surface area is 160 Å². The summed E-state index contributed by atoms with van der Waals surface area (Å²) in [6.45, 7) is 5.20. The lowest BCUT2D eigenvalue weighted by Gasteiger charge is -2.35. The Morgan fingerprint density at radius 1 is 1.25 bits per heavy atom. The SMILES string of the molecule is C=CC(=O)NCC1CN(c2ccc(C3(C(F)(F)F)CC3)cc2)c2ccnn2C1. The van der Waals surface area contributed by atoms with Gasteiger partial charge in [-0.25, -0.2) is 4.68 Å². The standard InChI is InChI=1S/C20H21F3N4O/c1-2-17(28)24-11-14-12-26(18-7-10-25-27(18)13-14)16-5-3-15(4-6-16)19(8-9-19)20(21,22)23/h2-7,10,14H,1,8-9,11-13H2,(H,24,28). The number of halogens is 3. The second-order valence-electron chi connectivity index (χ2n) is 7.42. The first-order valence-electron chi connectivity index (χ1n) is 9.21. The minimum absolute atomic E-state index is 0.112. The topological polar surface area (TPSA) is 50.2 Å². The number of carbonyl (C=O) groups is 1. The van der Waals surface area contributed by atoms with Crippen molar-refractivity contribution in [3.63, 3.8) is 0 Å². The predicted molar refractivity (Wildman–Crippen MR) is 99.3 cm³/mol. The molecule has 1 atom stereocenters. The van der Waals surface area contributed by atoms with Crippen molar-refractivity contribution < 1.29 is 18.0 Å². The molecule has 1 amide bonds. The number of fused-ring (bicyclic) bond motifs is 1. The number of amides is 1. The molecule has 1 aromatic heterocycles. The third kappa shape index (κ3) is 3.16.